The molecule has 106 valence electrons. The highest BCUT2D eigenvalue weighted by atomic mass is 15.1. The van der Waals surface area contributed by atoms with E-state index in [9.17, 15) is 0 Å². The minimum atomic E-state index is 0.942. The van der Waals surface area contributed by atoms with Gasteiger partial charge in [-0.1, -0.05) is 33.1 Å². The van der Waals surface area contributed by atoms with E-state index in [-0.39, 0.29) is 0 Å². The number of hydrogen-bond donors (Lipinski definition) is 2. The van der Waals surface area contributed by atoms with Crippen molar-refractivity contribution in [3.8, 4) is 0 Å². The van der Waals surface area contributed by atoms with Gasteiger partial charge in [0.2, 0.25) is 0 Å². The summed E-state index contributed by atoms with van der Waals surface area (Å²) in [5.74, 6) is 2.94. The van der Waals surface area contributed by atoms with E-state index in [4.69, 9.17) is 0 Å². The third-order valence-corrected chi connectivity index (χ3v) is 3.91. The minimum absolute atomic E-state index is 0.942. The van der Waals surface area contributed by atoms with Crippen LogP contribution >= 0.6 is 0 Å². The number of nitrogens with one attached hydrogen (secondary N) is 2. The fraction of sp³-hybridized carbons (Fsp3) is 0.733. The zero-order chi connectivity index (χ0) is 13.5. The van der Waals surface area contributed by atoms with Crippen LogP contribution in [0, 0.1) is 5.92 Å². The minimum Gasteiger partial charge on any atom is -0.370 e. The van der Waals surface area contributed by atoms with E-state index < -0.39 is 0 Å². The highest BCUT2D eigenvalue weighted by Gasteiger charge is 2.17. The highest BCUT2D eigenvalue weighted by molar-refractivity contribution is 5.57. The van der Waals surface area contributed by atoms with E-state index in [1.165, 1.54) is 31.2 Å². The molecule has 0 radical (unpaired) electrons. The first-order chi connectivity index (χ1) is 9.35. The molecule has 1 aliphatic carbocycles. The average molecular weight is 262 g/mol. The Bertz CT molecular complexity index is 388. The van der Waals surface area contributed by atoms with Crippen LogP contribution in [0.4, 0.5) is 11.6 Å². The Labute approximate surface area is 116 Å². The van der Waals surface area contributed by atoms with Crippen molar-refractivity contribution in [2.45, 2.75) is 52.4 Å². The molecule has 0 aliphatic heterocycles. The Morgan fingerprint density at radius 2 is 1.79 bits per heavy atom. The summed E-state index contributed by atoms with van der Waals surface area (Å²) in [7, 11) is 0. The van der Waals surface area contributed by atoms with Gasteiger partial charge >= 0.3 is 0 Å². The lowest BCUT2D eigenvalue weighted by Crippen LogP contribution is -2.17. The molecular formula is C15H26N4. The van der Waals surface area contributed by atoms with Gasteiger partial charge in [-0.3, -0.25) is 0 Å². The van der Waals surface area contributed by atoms with Crippen molar-refractivity contribution in [3.05, 3.63) is 11.9 Å². The Balaban J connectivity index is 1.93. The summed E-state index contributed by atoms with van der Waals surface area (Å²) in [6, 6.07) is 0. The second kappa shape index (κ2) is 7.31. The molecule has 4 heteroatoms. The predicted octanol–water partition coefficient (Wildman–Crippen LogP) is 3.46. The van der Waals surface area contributed by atoms with E-state index in [0.29, 0.717) is 0 Å². The molecule has 1 saturated carbocycles. The second-order valence-electron chi connectivity index (χ2n) is 5.34. The first-order valence-corrected chi connectivity index (χ1v) is 7.66. The van der Waals surface area contributed by atoms with Crippen molar-refractivity contribution in [3.63, 3.8) is 0 Å². The number of rotatable bonds is 8. The zero-order valence-electron chi connectivity index (χ0n) is 12.2. The molecule has 19 heavy (non-hydrogen) atoms. The van der Waals surface area contributed by atoms with Gasteiger partial charge < -0.3 is 10.6 Å². The Kier molecular flexibility index (Phi) is 5.43. The molecule has 0 unspecified atom stereocenters. The fourth-order valence-corrected chi connectivity index (χ4v) is 2.47. The van der Waals surface area contributed by atoms with E-state index in [2.05, 4.69) is 34.4 Å². The first-order valence-electron chi connectivity index (χ1n) is 7.66. The van der Waals surface area contributed by atoms with Crippen LogP contribution in [-0.4, -0.2) is 23.1 Å². The van der Waals surface area contributed by atoms with E-state index in [0.717, 1.165) is 43.5 Å². The Morgan fingerprint density at radius 3 is 2.32 bits per heavy atom. The lowest BCUT2D eigenvalue weighted by atomic mass is 9.83. The van der Waals surface area contributed by atoms with Crippen LogP contribution in [-0.2, 0) is 6.42 Å². The van der Waals surface area contributed by atoms with Crippen LogP contribution in [0.1, 0.15) is 51.5 Å². The molecule has 0 atom stereocenters. The van der Waals surface area contributed by atoms with E-state index >= 15 is 0 Å². The van der Waals surface area contributed by atoms with Crippen molar-refractivity contribution < 1.29 is 0 Å². The molecule has 1 fully saturated rings. The SMILES string of the molecule is CCCNc1ncnc(NCCC2CCC2)c1CC. The molecule has 1 aliphatic rings. The highest BCUT2D eigenvalue weighted by Crippen LogP contribution is 2.29. The van der Waals surface area contributed by atoms with E-state index in [1.54, 1.807) is 6.33 Å². The average Bonchev–Trinajstić information content (AvgIpc) is 2.39. The number of hydrogen-bond acceptors (Lipinski definition) is 4. The van der Waals surface area contributed by atoms with Gasteiger partial charge in [-0.05, 0) is 25.2 Å². The van der Waals surface area contributed by atoms with Crippen LogP contribution in [0.5, 0.6) is 0 Å². The predicted molar refractivity (Wildman–Crippen MR) is 80.6 cm³/mol. The third kappa shape index (κ3) is 3.82. The zero-order valence-corrected chi connectivity index (χ0v) is 12.2. The summed E-state index contributed by atoms with van der Waals surface area (Å²) in [6.45, 7) is 6.32. The third-order valence-electron chi connectivity index (χ3n) is 3.91. The molecule has 0 saturated heterocycles. The molecule has 0 amide bonds. The molecule has 2 N–H and O–H groups in total. The Morgan fingerprint density at radius 1 is 1.11 bits per heavy atom. The molecule has 1 aromatic heterocycles. The van der Waals surface area contributed by atoms with Crippen molar-refractivity contribution >= 4 is 11.6 Å². The quantitative estimate of drug-likeness (QED) is 0.753. The second-order valence-corrected chi connectivity index (χ2v) is 5.34. The molecule has 4 nitrogen and oxygen atoms in total. The van der Waals surface area contributed by atoms with Gasteiger partial charge in [-0.15, -0.1) is 0 Å². The van der Waals surface area contributed by atoms with Crippen molar-refractivity contribution in [2.75, 3.05) is 23.7 Å². The summed E-state index contributed by atoms with van der Waals surface area (Å²) in [5, 5.41) is 6.87. The molecule has 2 rings (SSSR count). The Hall–Kier alpha value is -1.32. The van der Waals surface area contributed by atoms with Crippen LogP contribution in [0.15, 0.2) is 6.33 Å². The summed E-state index contributed by atoms with van der Waals surface area (Å²) < 4.78 is 0. The fourth-order valence-electron chi connectivity index (χ4n) is 2.47. The molecular weight excluding hydrogens is 236 g/mol. The lowest BCUT2D eigenvalue weighted by molar-refractivity contribution is 0.303. The van der Waals surface area contributed by atoms with Gasteiger partial charge in [0.05, 0.1) is 0 Å². The smallest absolute Gasteiger partial charge is 0.134 e. The molecule has 0 spiro atoms. The van der Waals surface area contributed by atoms with Crippen LogP contribution in [0.3, 0.4) is 0 Å². The summed E-state index contributed by atoms with van der Waals surface area (Å²) in [5.41, 5.74) is 1.21. The first kappa shape index (κ1) is 14.1. The normalized spacial score (nSPS) is 15.1. The molecule has 1 aromatic rings. The van der Waals surface area contributed by atoms with Gasteiger partial charge in [0, 0.05) is 18.7 Å². The topological polar surface area (TPSA) is 49.8 Å². The number of anilines is 2. The van der Waals surface area contributed by atoms with Crippen LogP contribution in [0.2, 0.25) is 0 Å². The van der Waals surface area contributed by atoms with Gasteiger partial charge in [-0.2, -0.15) is 0 Å². The van der Waals surface area contributed by atoms with Crippen molar-refractivity contribution in [1.29, 1.82) is 0 Å². The standard InChI is InChI=1S/C15H26N4/c1-3-9-16-14-13(4-2)15(19-11-18-14)17-10-8-12-6-5-7-12/h11-12H,3-10H2,1-2H3,(H2,16,17,18,19). The number of nitrogens with zero attached hydrogens (tertiary/aromatic N) is 2. The van der Waals surface area contributed by atoms with Gasteiger partial charge in [-0.25, -0.2) is 9.97 Å². The largest absolute Gasteiger partial charge is 0.370 e. The maximum Gasteiger partial charge on any atom is 0.134 e. The number of aromatic nitrogens is 2. The summed E-state index contributed by atoms with van der Waals surface area (Å²) >= 11 is 0. The van der Waals surface area contributed by atoms with Crippen molar-refractivity contribution in [2.24, 2.45) is 5.92 Å². The maximum atomic E-state index is 4.40. The lowest BCUT2D eigenvalue weighted by Gasteiger charge is -2.25. The molecule has 0 bridgehead atoms. The van der Waals surface area contributed by atoms with E-state index in [1.807, 2.05) is 0 Å². The van der Waals surface area contributed by atoms with Gasteiger partial charge in [0.15, 0.2) is 0 Å². The monoisotopic (exact) mass is 262 g/mol. The summed E-state index contributed by atoms with van der Waals surface area (Å²) in [6.07, 6.45) is 9.23. The van der Waals surface area contributed by atoms with Gasteiger partial charge in [0.1, 0.15) is 18.0 Å². The van der Waals surface area contributed by atoms with Crippen LogP contribution < -0.4 is 10.6 Å². The van der Waals surface area contributed by atoms with Crippen LogP contribution in [0.25, 0.3) is 0 Å². The van der Waals surface area contributed by atoms with Crippen molar-refractivity contribution in [1.82, 2.24) is 9.97 Å². The summed E-state index contributed by atoms with van der Waals surface area (Å²) in [4.78, 5) is 8.75. The van der Waals surface area contributed by atoms with Gasteiger partial charge in [0.25, 0.3) is 0 Å². The molecule has 0 aromatic carbocycles. The maximum absolute atomic E-state index is 4.40. The molecule has 1 heterocycles.